The van der Waals surface area contributed by atoms with Crippen molar-refractivity contribution in [2.45, 2.75) is 90.1 Å². The van der Waals surface area contributed by atoms with E-state index >= 15 is 0 Å². The van der Waals surface area contributed by atoms with Crippen LogP contribution >= 0.6 is 0 Å². The van der Waals surface area contributed by atoms with Crippen LogP contribution in [0.3, 0.4) is 0 Å². The van der Waals surface area contributed by atoms with Crippen molar-refractivity contribution in [3.8, 4) is 6.07 Å². The molecule has 2 fully saturated rings. The number of aromatic nitrogens is 1. The van der Waals surface area contributed by atoms with Crippen molar-refractivity contribution < 1.29 is 14.6 Å². The van der Waals surface area contributed by atoms with Gasteiger partial charge in [0.15, 0.2) is 0 Å². The largest absolute Gasteiger partial charge is 0.464 e. The molecule has 0 radical (unpaired) electrons. The lowest BCUT2D eigenvalue weighted by atomic mass is 9.62. The fourth-order valence-corrected chi connectivity index (χ4v) is 5.93. The van der Waals surface area contributed by atoms with Crippen LogP contribution < -0.4 is 0 Å². The van der Waals surface area contributed by atoms with Gasteiger partial charge in [-0.1, -0.05) is 19.8 Å². The number of aliphatic hydroxyl groups is 1. The van der Waals surface area contributed by atoms with Crippen LogP contribution in [0.25, 0.3) is 0 Å². The van der Waals surface area contributed by atoms with Gasteiger partial charge in [-0.15, -0.1) is 0 Å². The average Bonchev–Trinajstić information content (AvgIpc) is 3.15. The summed E-state index contributed by atoms with van der Waals surface area (Å²) in [7, 11) is 1.37. The first-order valence-corrected chi connectivity index (χ1v) is 12.1. The van der Waals surface area contributed by atoms with Gasteiger partial charge in [0.25, 0.3) is 0 Å². The Morgan fingerprint density at radius 1 is 1.35 bits per heavy atom. The lowest BCUT2D eigenvalue weighted by molar-refractivity contribution is -0.0438. The maximum Gasteiger partial charge on any atom is 0.356 e. The number of nitrogens with zero attached hydrogens (tertiary/aromatic N) is 2. The number of rotatable bonds is 11. The molecule has 1 aromatic rings. The average molecular weight is 427 g/mol. The van der Waals surface area contributed by atoms with Crippen molar-refractivity contribution in [1.29, 1.82) is 5.26 Å². The van der Waals surface area contributed by atoms with Gasteiger partial charge in [-0.3, -0.25) is 0 Å². The highest BCUT2D eigenvalue weighted by Crippen LogP contribution is 2.48. The topological polar surface area (TPSA) is 83.2 Å². The zero-order valence-corrected chi connectivity index (χ0v) is 19.2. The van der Waals surface area contributed by atoms with Gasteiger partial charge in [0.1, 0.15) is 5.69 Å². The third-order valence-corrected chi connectivity index (χ3v) is 8.17. The van der Waals surface area contributed by atoms with E-state index in [9.17, 15) is 15.2 Å². The molecule has 2 aliphatic rings. The van der Waals surface area contributed by atoms with E-state index in [0.29, 0.717) is 17.5 Å². The van der Waals surface area contributed by atoms with Crippen LogP contribution in [0.1, 0.15) is 93.6 Å². The van der Waals surface area contributed by atoms with E-state index in [2.05, 4.69) is 18.0 Å². The predicted octanol–water partition coefficient (Wildman–Crippen LogP) is 5.47. The maximum absolute atomic E-state index is 11.7. The third kappa shape index (κ3) is 5.66. The van der Waals surface area contributed by atoms with Gasteiger partial charge in [-0.25, -0.2) is 9.78 Å². The number of ether oxygens (including phenoxy) is 1. The standard InChI is InChI=1S/C26H38N2O3/c1-3-26(14-6-15-26)24(29)10-5-9-22-20(11-12-21(22)18-27)8-4-7-19-13-16-28-23(17-19)25(30)31-2/h13,16-17,20-22,24,29H,3-12,14-15H2,1-2H3/t20?,21-,22?,24?/m0/s1. The number of hydrogen-bond acceptors (Lipinski definition) is 5. The van der Waals surface area contributed by atoms with Crippen LogP contribution in [0.2, 0.25) is 0 Å². The molecular weight excluding hydrogens is 388 g/mol. The summed E-state index contributed by atoms with van der Waals surface area (Å²) in [4.78, 5) is 15.8. The van der Waals surface area contributed by atoms with Crippen LogP contribution in [0, 0.1) is 34.5 Å². The molecule has 1 N–H and O–H groups in total. The Morgan fingerprint density at radius 3 is 2.81 bits per heavy atom. The fraction of sp³-hybridized carbons (Fsp3) is 0.731. The Bertz CT molecular complexity index is 763. The molecule has 3 unspecified atom stereocenters. The van der Waals surface area contributed by atoms with Gasteiger partial charge in [-0.2, -0.15) is 5.26 Å². The number of aliphatic hydroxyl groups excluding tert-OH is 1. The molecule has 0 bridgehead atoms. The lowest BCUT2D eigenvalue weighted by Crippen LogP contribution is -2.40. The molecule has 0 amide bonds. The van der Waals surface area contributed by atoms with E-state index < -0.39 is 5.97 Å². The monoisotopic (exact) mass is 426 g/mol. The van der Waals surface area contributed by atoms with Gasteiger partial charge < -0.3 is 9.84 Å². The molecule has 4 atom stereocenters. The van der Waals surface area contributed by atoms with Gasteiger partial charge in [0.2, 0.25) is 0 Å². The molecule has 0 spiro atoms. The molecule has 5 nitrogen and oxygen atoms in total. The van der Waals surface area contributed by atoms with Crippen molar-refractivity contribution in [3.05, 3.63) is 29.6 Å². The minimum Gasteiger partial charge on any atom is -0.464 e. The summed E-state index contributed by atoms with van der Waals surface area (Å²) in [6, 6.07) is 6.34. The van der Waals surface area contributed by atoms with Gasteiger partial charge in [0, 0.05) is 12.1 Å². The van der Waals surface area contributed by atoms with E-state index in [1.807, 2.05) is 12.1 Å². The Kier molecular flexibility index (Phi) is 8.49. The van der Waals surface area contributed by atoms with Gasteiger partial charge in [0.05, 0.1) is 19.3 Å². The third-order valence-electron chi connectivity index (χ3n) is 8.17. The first-order valence-electron chi connectivity index (χ1n) is 12.1. The Morgan fingerprint density at radius 2 is 2.16 bits per heavy atom. The summed E-state index contributed by atoms with van der Waals surface area (Å²) in [6.07, 6.45) is 14.3. The normalized spacial score (nSPS) is 25.4. The number of carbonyl (C=O) groups excluding carboxylic acids is 1. The molecule has 1 heterocycles. The SMILES string of the molecule is CCC1(C(O)CCCC2C(CCCc3ccnc(C(=O)OC)c3)CC[C@H]2C#N)CCC1. The molecular formula is C26H38N2O3. The second kappa shape index (κ2) is 11.1. The number of esters is 1. The fourth-order valence-electron chi connectivity index (χ4n) is 5.93. The smallest absolute Gasteiger partial charge is 0.356 e. The molecule has 2 aliphatic carbocycles. The van der Waals surface area contributed by atoms with E-state index in [1.165, 1.54) is 26.4 Å². The Hall–Kier alpha value is -1.93. The Labute approximate surface area is 187 Å². The number of nitriles is 1. The second-order valence-corrected chi connectivity index (χ2v) is 9.69. The van der Waals surface area contributed by atoms with Crippen molar-refractivity contribution >= 4 is 5.97 Å². The molecule has 31 heavy (non-hydrogen) atoms. The Balaban J connectivity index is 1.47. The minimum absolute atomic E-state index is 0.165. The van der Waals surface area contributed by atoms with Crippen LogP contribution in [-0.4, -0.2) is 29.3 Å². The molecule has 0 aromatic carbocycles. The summed E-state index contributed by atoms with van der Waals surface area (Å²) in [5.74, 6) is 0.813. The molecule has 2 saturated carbocycles. The first-order chi connectivity index (χ1) is 15.0. The number of methoxy groups -OCH3 is 1. The van der Waals surface area contributed by atoms with E-state index in [1.54, 1.807) is 6.20 Å². The molecule has 5 heteroatoms. The van der Waals surface area contributed by atoms with Crippen LogP contribution in [0.15, 0.2) is 18.3 Å². The summed E-state index contributed by atoms with van der Waals surface area (Å²) in [5.41, 5.74) is 1.64. The summed E-state index contributed by atoms with van der Waals surface area (Å²) >= 11 is 0. The van der Waals surface area contributed by atoms with Gasteiger partial charge >= 0.3 is 5.97 Å². The summed E-state index contributed by atoms with van der Waals surface area (Å²) in [5, 5.41) is 20.4. The highest BCUT2D eigenvalue weighted by atomic mass is 16.5. The highest BCUT2D eigenvalue weighted by Gasteiger charge is 2.41. The van der Waals surface area contributed by atoms with Crippen molar-refractivity contribution in [2.75, 3.05) is 7.11 Å². The minimum atomic E-state index is -0.400. The zero-order valence-electron chi connectivity index (χ0n) is 19.2. The number of aryl methyl sites for hydroxylation is 1. The van der Waals surface area contributed by atoms with Crippen molar-refractivity contribution in [1.82, 2.24) is 4.98 Å². The van der Waals surface area contributed by atoms with Crippen LogP contribution in [-0.2, 0) is 11.2 Å². The maximum atomic E-state index is 11.7. The van der Waals surface area contributed by atoms with Crippen molar-refractivity contribution in [3.63, 3.8) is 0 Å². The molecule has 0 saturated heterocycles. The quantitative estimate of drug-likeness (QED) is 0.475. The summed E-state index contributed by atoms with van der Waals surface area (Å²) < 4.78 is 4.76. The predicted molar refractivity (Wildman–Crippen MR) is 120 cm³/mol. The molecule has 170 valence electrons. The first kappa shape index (κ1) is 23.7. The van der Waals surface area contributed by atoms with Crippen LogP contribution in [0.4, 0.5) is 0 Å². The van der Waals surface area contributed by atoms with E-state index in [-0.39, 0.29) is 17.4 Å². The summed E-state index contributed by atoms with van der Waals surface area (Å²) in [6.45, 7) is 2.21. The zero-order chi connectivity index (χ0) is 22.3. The number of hydrogen-bond donors (Lipinski definition) is 1. The van der Waals surface area contributed by atoms with Gasteiger partial charge in [-0.05, 0) is 99.2 Å². The van der Waals surface area contributed by atoms with Crippen LogP contribution in [0.5, 0.6) is 0 Å². The number of carbonyl (C=O) groups is 1. The molecule has 3 rings (SSSR count). The second-order valence-electron chi connectivity index (χ2n) is 9.69. The highest BCUT2D eigenvalue weighted by molar-refractivity contribution is 5.87. The molecule has 1 aromatic heterocycles. The van der Waals surface area contributed by atoms with E-state index in [0.717, 1.165) is 63.4 Å². The lowest BCUT2D eigenvalue weighted by Gasteiger charge is -2.45. The van der Waals surface area contributed by atoms with E-state index in [4.69, 9.17) is 4.74 Å². The van der Waals surface area contributed by atoms with Crippen molar-refractivity contribution in [2.24, 2.45) is 23.2 Å². The molecule has 0 aliphatic heterocycles. The number of pyridine rings is 1.